The molecule has 0 aromatic rings. The highest BCUT2D eigenvalue weighted by molar-refractivity contribution is 5.89. The number of methoxy groups -OCH3 is 1. The van der Waals surface area contributed by atoms with Crippen molar-refractivity contribution in [1.29, 1.82) is 0 Å². The molecule has 5 nitrogen and oxygen atoms in total. The van der Waals surface area contributed by atoms with Gasteiger partial charge in [-0.25, -0.2) is 4.79 Å². The molecule has 2 fully saturated rings. The Morgan fingerprint density at radius 1 is 1.23 bits per heavy atom. The van der Waals surface area contributed by atoms with E-state index >= 15 is 0 Å². The van der Waals surface area contributed by atoms with Gasteiger partial charge in [0.1, 0.15) is 5.54 Å². The molecule has 0 bridgehead atoms. The molecule has 0 saturated heterocycles. The van der Waals surface area contributed by atoms with Gasteiger partial charge in [0.15, 0.2) is 0 Å². The molecule has 0 aromatic heterocycles. The van der Waals surface area contributed by atoms with Crippen LogP contribution in [0.25, 0.3) is 0 Å². The predicted octanol–water partition coefficient (Wildman–Crippen LogP) is 1.99. The zero-order valence-corrected chi connectivity index (χ0v) is 13.9. The number of hydrogen-bond acceptors (Lipinski definition) is 4. The van der Waals surface area contributed by atoms with Crippen molar-refractivity contribution in [2.75, 3.05) is 13.7 Å². The van der Waals surface area contributed by atoms with E-state index in [2.05, 4.69) is 12.2 Å². The van der Waals surface area contributed by atoms with Crippen molar-refractivity contribution in [2.45, 2.75) is 63.8 Å². The fourth-order valence-electron chi connectivity index (χ4n) is 4.15. The highest BCUT2D eigenvalue weighted by Gasteiger charge is 2.45. The maximum Gasteiger partial charge on any atom is 0.331 e. The van der Waals surface area contributed by atoms with Gasteiger partial charge in [0.2, 0.25) is 5.91 Å². The van der Waals surface area contributed by atoms with Crippen LogP contribution in [0.2, 0.25) is 0 Å². The third-order valence-electron chi connectivity index (χ3n) is 5.77. The molecule has 2 rings (SSSR count). The first-order valence-electron chi connectivity index (χ1n) is 8.66. The Hall–Kier alpha value is -1.10. The number of nitrogens with one attached hydrogen (secondary N) is 1. The maximum absolute atomic E-state index is 12.7. The van der Waals surface area contributed by atoms with Gasteiger partial charge in [0.05, 0.1) is 7.11 Å². The molecule has 0 unspecified atom stereocenters. The Kier molecular flexibility index (Phi) is 5.84. The molecule has 2 atom stereocenters. The predicted molar refractivity (Wildman–Crippen MR) is 85.0 cm³/mol. The summed E-state index contributed by atoms with van der Waals surface area (Å²) in [5.41, 5.74) is 4.96. The van der Waals surface area contributed by atoms with Crippen LogP contribution in [0.15, 0.2) is 0 Å². The lowest BCUT2D eigenvalue weighted by molar-refractivity contribution is -0.154. The normalized spacial score (nSPS) is 35.1. The molecular weight excluding hydrogens is 280 g/mol. The number of nitrogens with two attached hydrogens (primary N) is 1. The molecule has 5 heteroatoms. The van der Waals surface area contributed by atoms with Crippen LogP contribution in [-0.2, 0) is 14.3 Å². The first-order valence-corrected chi connectivity index (χ1v) is 8.66. The first kappa shape index (κ1) is 17.3. The summed E-state index contributed by atoms with van der Waals surface area (Å²) in [6, 6.07) is 0. The zero-order valence-electron chi connectivity index (χ0n) is 13.9. The van der Waals surface area contributed by atoms with Crippen LogP contribution in [0, 0.1) is 17.8 Å². The number of carbonyl (C=O) groups is 2. The Morgan fingerprint density at radius 3 is 2.45 bits per heavy atom. The Balaban J connectivity index is 2.07. The minimum Gasteiger partial charge on any atom is -0.467 e. The molecule has 0 aromatic carbocycles. The van der Waals surface area contributed by atoms with Crippen molar-refractivity contribution in [1.82, 2.24) is 5.32 Å². The van der Waals surface area contributed by atoms with E-state index in [4.69, 9.17) is 10.5 Å². The van der Waals surface area contributed by atoms with Crippen LogP contribution in [0.4, 0.5) is 0 Å². The van der Waals surface area contributed by atoms with Gasteiger partial charge < -0.3 is 15.8 Å². The van der Waals surface area contributed by atoms with Gasteiger partial charge in [-0.3, -0.25) is 4.79 Å². The molecule has 126 valence electrons. The lowest BCUT2D eigenvalue weighted by Crippen LogP contribution is -2.58. The third kappa shape index (κ3) is 3.45. The molecule has 2 saturated carbocycles. The van der Waals surface area contributed by atoms with Crippen molar-refractivity contribution in [3.63, 3.8) is 0 Å². The van der Waals surface area contributed by atoms with Gasteiger partial charge in [-0.05, 0) is 56.9 Å². The van der Waals surface area contributed by atoms with Gasteiger partial charge in [0, 0.05) is 5.92 Å². The molecule has 1 amide bonds. The van der Waals surface area contributed by atoms with Gasteiger partial charge >= 0.3 is 5.97 Å². The van der Waals surface area contributed by atoms with Crippen molar-refractivity contribution in [3.8, 4) is 0 Å². The van der Waals surface area contributed by atoms with Crippen molar-refractivity contribution >= 4 is 11.9 Å². The molecule has 0 spiro atoms. The maximum atomic E-state index is 12.7. The minimum atomic E-state index is -0.820. The summed E-state index contributed by atoms with van der Waals surface area (Å²) in [5.74, 6) is 0.557. The van der Waals surface area contributed by atoms with Crippen molar-refractivity contribution in [3.05, 3.63) is 0 Å². The number of esters is 1. The number of carbonyl (C=O) groups excluding carboxylic acids is 2. The van der Waals surface area contributed by atoms with E-state index in [1.165, 1.54) is 7.11 Å². The lowest BCUT2D eigenvalue weighted by Gasteiger charge is -2.39. The molecule has 2 aliphatic rings. The summed E-state index contributed by atoms with van der Waals surface area (Å²) in [7, 11) is 1.40. The molecule has 0 radical (unpaired) electrons. The summed E-state index contributed by atoms with van der Waals surface area (Å²) in [6.45, 7) is 2.72. The third-order valence-corrected chi connectivity index (χ3v) is 5.77. The average Bonchev–Trinajstić information content (AvgIpc) is 3.03. The van der Waals surface area contributed by atoms with Gasteiger partial charge in [0.25, 0.3) is 0 Å². The van der Waals surface area contributed by atoms with Gasteiger partial charge in [-0.15, -0.1) is 0 Å². The van der Waals surface area contributed by atoms with Crippen LogP contribution in [0.1, 0.15) is 58.3 Å². The van der Waals surface area contributed by atoms with E-state index in [1.54, 1.807) is 0 Å². The fourth-order valence-corrected chi connectivity index (χ4v) is 4.15. The monoisotopic (exact) mass is 310 g/mol. The second-order valence-corrected chi connectivity index (χ2v) is 6.95. The molecule has 0 heterocycles. The van der Waals surface area contributed by atoms with Crippen LogP contribution in [0.3, 0.4) is 0 Å². The number of ether oxygens (including phenoxy) is 1. The second kappa shape index (κ2) is 7.44. The molecular formula is C17H30N2O3. The highest BCUT2D eigenvalue weighted by atomic mass is 16.5. The standard InChI is InChI=1S/C17H30N2O3/c1-3-12-7-9-17(10-8-12,16(21)22-2)19-15(20)14-6-4-5-13(14)11-18/h12-14H,3-11,18H2,1-2H3,(H,19,20)/t12?,13-,14-,17?/m1/s1. The minimum absolute atomic E-state index is 0.00621. The summed E-state index contributed by atoms with van der Waals surface area (Å²) in [5, 5.41) is 3.06. The van der Waals surface area contributed by atoms with Gasteiger partial charge in [-0.1, -0.05) is 19.8 Å². The number of hydrogen-bond donors (Lipinski definition) is 2. The van der Waals surface area contributed by atoms with E-state index in [0.717, 1.165) is 38.5 Å². The van der Waals surface area contributed by atoms with Crippen LogP contribution < -0.4 is 11.1 Å². The lowest BCUT2D eigenvalue weighted by atomic mass is 9.75. The van der Waals surface area contributed by atoms with E-state index < -0.39 is 5.54 Å². The van der Waals surface area contributed by atoms with Crippen LogP contribution in [-0.4, -0.2) is 31.1 Å². The topological polar surface area (TPSA) is 81.4 Å². The van der Waals surface area contributed by atoms with E-state index in [-0.39, 0.29) is 23.7 Å². The van der Waals surface area contributed by atoms with E-state index in [9.17, 15) is 9.59 Å². The van der Waals surface area contributed by atoms with E-state index in [1.807, 2.05) is 0 Å². The largest absolute Gasteiger partial charge is 0.467 e. The molecule has 22 heavy (non-hydrogen) atoms. The van der Waals surface area contributed by atoms with Crippen molar-refractivity contribution in [2.24, 2.45) is 23.5 Å². The molecule has 0 aliphatic heterocycles. The Labute approximate surface area is 133 Å². The smallest absolute Gasteiger partial charge is 0.331 e. The first-order chi connectivity index (χ1) is 10.6. The van der Waals surface area contributed by atoms with Crippen LogP contribution in [0.5, 0.6) is 0 Å². The summed E-state index contributed by atoms with van der Waals surface area (Å²) in [6.07, 6.45) is 7.37. The quantitative estimate of drug-likeness (QED) is 0.761. The Morgan fingerprint density at radius 2 is 1.91 bits per heavy atom. The average molecular weight is 310 g/mol. The summed E-state index contributed by atoms with van der Waals surface area (Å²) >= 11 is 0. The fraction of sp³-hybridized carbons (Fsp3) is 0.882. The highest BCUT2D eigenvalue weighted by Crippen LogP contribution is 2.36. The summed E-state index contributed by atoms with van der Waals surface area (Å²) in [4.78, 5) is 25.0. The van der Waals surface area contributed by atoms with E-state index in [0.29, 0.717) is 25.3 Å². The van der Waals surface area contributed by atoms with Gasteiger partial charge in [-0.2, -0.15) is 0 Å². The summed E-state index contributed by atoms with van der Waals surface area (Å²) < 4.78 is 5.00. The zero-order chi connectivity index (χ0) is 16.2. The Bertz CT molecular complexity index is 403. The molecule has 3 N–H and O–H groups in total. The van der Waals surface area contributed by atoms with Crippen LogP contribution >= 0.6 is 0 Å². The number of amides is 1. The second-order valence-electron chi connectivity index (χ2n) is 6.95. The molecule has 2 aliphatic carbocycles. The SMILES string of the molecule is CCC1CCC(NC(=O)[C@@H]2CCC[C@@H]2CN)(C(=O)OC)CC1. The van der Waals surface area contributed by atoms with Crippen molar-refractivity contribution < 1.29 is 14.3 Å². The number of rotatable bonds is 5.